The quantitative estimate of drug-likeness (QED) is 0.651. The van der Waals surface area contributed by atoms with Crippen molar-refractivity contribution in [2.24, 2.45) is 5.73 Å². The molecule has 0 amide bonds. The molecule has 0 spiro atoms. The topological polar surface area (TPSA) is 68.3 Å². The van der Waals surface area contributed by atoms with Crippen molar-refractivity contribution in [3.8, 4) is 6.07 Å². The Bertz CT molecular complexity index is 207. The molecular weight excluding hydrogens is 180 g/mol. The summed E-state index contributed by atoms with van der Waals surface area (Å²) in [5.74, 6) is 0. The minimum absolute atomic E-state index is 0.183. The van der Waals surface area contributed by atoms with Crippen molar-refractivity contribution < 1.29 is 9.47 Å². The Kier molecular flexibility index (Phi) is 5.06. The van der Waals surface area contributed by atoms with Crippen molar-refractivity contribution in [2.75, 3.05) is 20.3 Å². The summed E-state index contributed by atoms with van der Waals surface area (Å²) in [4.78, 5) is 0. The van der Waals surface area contributed by atoms with Gasteiger partial charge in [-0.1, -0.05) is 0 Å². The van der Waals surface area contributed by atoms with E-state index in [2.05, 4.69) is 0 Å². The molecule has 0 saturated heterocycles. The van der Waals surface area contributed by atoms with E-state index in [0.29, 0.717) is 6.61 Å². The van der Waals surface area contributed by atoms with Gasteiger partial charge >= 0.3 is 0 Å². The Morgan fingerprint density at radius 3 is 2.36 bits per heavy atom. The summed E-state index contributed by atoms with van der Waals surface area (Å²) in [6, 6.07) is 1.97. The maximum absolute atomic E-state index is 8.62. The molecule has 4 nitrogen and oxygen atoms in total. The van der Waals surface area contributed by atoms with Gasteiger partial charge in [-0.2, -0.15) is 5.26 Å². The molecule has 0 radical (unpaired) electrons. The van der Waals surface area contributed by atoms with Crippen LogP contribution in [0.5, 0.6) is 0 Å². The van der Waals surface area contributed by atoms with Crippen molar-refractivity contribution in [3.05, 3.63) is 0 Å². The second kappa shape index (κ2) is 5.30. The third-order valence-electron chi connectivity index (χ3n) is 2.06. The van der Waals surface area contributed by atoms with Crippen molar-refractivity contribution in [1.29, 1.82) is 5.26 Å². The number of ether oxygens (including phenoxy) is 2. The number of nitrogens with two attached hydrogens (primary N) is 1. The van der Waals surface area contributed by atoms with Gasteiger partial charge in [-0.05, 0) is 27.2 Å². The Balaban J connectivity index is 3.63. The van der Waals surface area contributed by atoms with Crippen LogP contribution >= 0.6 is 0 Å². The van der Waals surface area contributed by atoms with E-state index in [1.165, 1.54) is 0 Å². The van der Waals surface area contributed by atoms with Gasteiger partial charge in [0.15, 0.2) is 0 Å². The highest BCUT2D eigenvalue weighted by molar-refractivity contribution is 5.00. The van der Waals surface area contributed by atoms with Crippen molar-refractivity contribution >= 4 is 0 Å². The van der Waals surface area contributed by atoms with Gasteiger partial charge in [0.2, 0.25) is 0 Å². The minimum atomic E-state index is -0.892. The zero-order valence-electron chi connectivity index (χ0n) is 9.46. The highest BCUT2D eigenvalue weighted by Crippen LogP contribution is 2.12. The lowest BCUT2D eigenvalue weighted by Gasteiger charge is -2.23. The summed E-state index contributed by atoms with van der Waals surface area (Å²) in [5.41, 5.74) is 4.51. The molecule has 4 heteroatoms. The van der Waals surface area contributed by atoms with Gasteiger partial charge in [-0.15, -0.1) is 0 Å². The third kappa shape index (κ3) is 5.92. The lowest BCUT2D eigenvalue weighted by Crippen LogP contribution is -2.40. The summed E-state index contributed by atoms with van der Waals surface area (Å²) < 4.78 is 10.5. The third-order valence-corrected chi connectivity index (χ3v) is 2.06. The summed E-state index contributed by atoms with van der Waals surface area (Å²) in [5, 5.41) is 8.62. The molecule has 0 fully saturated rings. The molecule has 14 heavy (non-hydrogen) atoms. The number of hydrogen-bond donors (Lipinski definition) is 1. The van der Waals surface area contributed by atoms with Crippen LogP contribution in [0.4, 0.5) is 0 Å². The predicted octanol–water partition coefficient (Wildman–Crippen LogP) is 1.06. The molecule has 0 aliphatic rings. The maximum Gasteiger partial charge on any atom is 0.124 e. The van der Waals surface area contributed by atoms with Crippen LogP contribution in [0, 0.1) is 11.3 Å². The van der Waals surface area contributed by atoms with Crippen LogP contribution in [-0.2, 0) is 9.47 Å². The highest BCUT2D eigenvalue weighted by Gasteiger charge is 2.19. The lowest BCUT2D eigenvalue weighted by molar-refractivity contribution is -0.0130. The van der Waals surface area contributed by atoms with Gasteiger partial charge < -0.3 is 15.2 Å². The fourth-order valence-electron chi connectivity index (χ4n) is 0.736. The van der Waals surface area contributed by atoms with E-state index < -0.39 is 5.54 Å². The van der Waals surface area contributed by atoms with Crippen molar-refractivity contribution in [1.82, 2.24) is 0 Å². The number of methoxy groups -OCH3 is 1. The normalized spacial score (nSPS) is 16.0. The number of rotatable bonds is 6. The van der Waals surface area contributed by atoms with E-state index in [1.807, 2.05) is 19.9 Å². The Hall–Kier alpha value is -0.630. The van der Waals surface area contributed by atoms with Gasteiger partial charge in [0, 0.05) is 13.7 Å². The smallest absolute Gasteiger partial charge is 0.124 e. The molecule has 0 saturated carbocycles. The SMILES string of the molecule is COC(C)(C)CCOCC(C)(N)C#N. The van der Waals surface area contributed by atoms with Gasteiger partial charge in [0.1, 0.15) is 5.54 Å². The summed E-state index contributed by atoms with van der Waals surface area (Å²) in [7, 11) is 1.67. The number of nitriles is 1. The first kappa shape index (κ1) is 13.4. The van der Waals surface area contributed by atoms with E-state index >= 15 is 0 Å². The molecule has 0 aliphatic carbocycles. The number of nitrogens with zero attached hydrogens (tertiary/aromatic N) is 1. The Labute approximate surface area is 86.0 Å². The van der Waals surface area contributed by atoms with E-state index in [9.17, 15) is 0 Å². The molecule has 0 bridgehead atoms. The zero-order chi connectivity index (χ0) is 11.2. The first-order chi connectivity index (χ1) is 6.33. The molecule has 82 valence electrons. The van der Waals surface area contributed by atoms with Crippen molar-refractivity contribution in [2.45, 2.75) is 38.3 Å². The predicted molar refractivity (Wildman–Crippen MR) is 54.7 cm³/mol. The lowest BCUT2D eigenvalue weighted by atomic mass is 10.1. The van der Waals surface area contributed by atoms with Gasteiger partial charge in [0.25, 0.3) is 0 Å². The molecule has 2 N–H and O–H groups in total. The van der Waals surface area contributed by atoms with Gasteiger partial charge in [0.05, 0.1) is 18.3 Å². The first-order valence-corrected chi connectivity index (χ1v) is 4.66. The maximum atomic E-state index is 8.62. The molecule has 0 aromatic heterocycles. The van der Waals surface area contributed by atoms with E-state index in [-0.39, 0.29) is 12.2 Å². The van der Waals surface area contributed by atoms with E-state index in [4.69, 9.17) is 20.5 Å². The van der Waals surface area contributed by atoms with Crippen LogP contribution in [0.1, 0.15) is 27.2 Å². The zero-order valence-corrected chi connectivity index (χ0v) is 9.46. The van der Waals surface area contributed by atoms with Crippen LogP contribution in [-0.4, -0.2) is 31.5 Å². The number of hydrogen-bond acceptors (Lipinski definition) is 4. The Morgan fingerprint density at radius 2 is 1.93 bits per heavy atom. The van der Waals surface area contributed by atoms with Crippen LogP contribution < -0.4 is 5.73 Å². The van der Waals surface area contributed by atoms with Crippen LogP contribution in [0.3, 0.4) is 0 Å². The molecular formula is C10H20N2O2. The average Bonchev–Trinajstić information content (AvgIpc) is 2.13. The molecule has 0 aliphatic heterocycles. The Morgan fingerprint density at radius 1 is 1.36 bits per heavy atom. The van der Waals surface area contributed by atoms with Crippen LogP contribution in [0.15, 0.2) is 0 Å². The fraction of sp³-hybridized carbons (Fsp3) is 0.900. The van der Waals surface area contributed by atoms with Crippen LogP contribution in [0.2, 0.25) is 0 Å². The van der Waals surface area contributed by atoms with Gasteiger partial charge in [-0.3, -0.25) is 0 Å². The summed E-state index contributed by atoms with van der Waals surface area (Å²) in [6.07, 6.45) is 0.783. The largest absolute Gasteiger partial charge is 0.379 e. The van der Waals surface area contributed by atoms with Crippen LogP contribution in [0.25, 0.3) is 0 Å². The summed E-state index contributed by atoms with van der Waals surface area (Å²) in [6.45, 7) is 6.43. The molecule has 1 atom stereocenters. The molecule has 0 heterocycles. The monoisotopic (exact) mass is 200 g/mol. The second-order valence-electron chi connectivity index (χ2n) is 4.30. The molecule has 1 unspecified atom stereocenters. The first-order valence-electron chi connectivity index (χ1n) is 4.66. The highest BCUT2D eigenvalue weighted by atomic mass is 16.5. The average molecular weight is 200 g/mol. The molecule has 0 rings (SSSR count). The standard InChI is InChI=1S/C10H20N2O2/c1-9(2,13-4)5-6-14-8-10(3,12)7-11/h5-6,8,12H2,1-4H3. The second-order valence-corrected chi connectivity index (χ2v) is 4.30. The minimum Gasteiger partial charge on any atom is -0.379 e. The van der Waals surface area contributed by atoms with Crippen molar-refractivity contribution in [3.63, 3.8) is 0 Å². The van der Waals surface area contributed by atoms with Gasteiger partial charge in [-0.25, -0.2) is 0 Å². The molecule has 0 aromatic rings. The molecule has 0 aromatic carbocycles. The van der Waals surface area contributed by atoms with E-state index in [0.717, 1.165) is 6.42 Å². The van der Waals surface area contributed by atoms with E-state index in [1.54, 1.807) is 14.0 Å². The fourth-order valence-corrected chi connectivity index (χ4v) is 0.736. The summed E-state index contributed by atoms with van der Waals surface area (Å²) >= 11 is 0.